The van der Waals surface area contributed by atoms with Crippen LogP contribution >= 0.6 is 0 Å². The molecular formula is C33H46N4O6. The van der Waals surface area contributed by atoms with Crippen molar-refractivity contribution in [3.63, 3.8) is 0 Å². The van der Waals surface area contributed by atoms with Crippen molar-refractivity contribution in [2.45, 2.75) is 49.9 Å². The number of amides is 3. The molecule has 3 amide bonds. The fourth-order valence-electron chi connectivity index (χ4n) is 7.65. The molecule has 4 aliphatic heterocycles. The highest BCUT2D eigenvalue weighted by molar-refractivity contribution is 6.03. The Bertz CT molecular complexity index is 1190. The van der Waals surface area contributed by atoms with E-state index >= 15 is 0 Å². The van der Waals surface area contributed by atoms with Gasteiger partial charge in [0.15, 0.2) is 0 Å². The largest absolute Gasteiger partial charge is 0.396 e. The number of hydrogen-bond acceptors (Lipinski definition) is 7. The first-order valence-corrected chi connectivity index (χ1v) is 15.6. The Labute approximate surface area is 254 Å². The third-order valence-corrected chi connectivity index (χ3v) is 9.68. The summed E-state index contributed by atoms with van der Waals surface area (Å²) in [5.41, 5.74) is -1.25. The smallest absolute Gasteiger partial charge is 0.248 e. The number of hydrogen-bond donors (Lipinski definition) is 1. The number of ether oxygens (including phenoxy) is 2. The second kappa shape index (κ2) is 13.3. The zero-order valence-corrected chi connectivity index (χ0v) is 25.4. The van der Waals surface area contributed by atoms with Crippen LogP contribution in [0.3, 0.4) is 0 Å². The Balaban J connectivity index is 1.48. The van der Waals surface area contributed by atoms with Crippen molar-refractivity contribution in [2.24, 2.45) is 11.8 Å². The number of fused-ring (bicyclic) bond motifs is 1. The molecule has 5 rings (SSSR count). The molecule has 234 valence electrons. The van der Waals surface area contributed by atoms with Gasteiger partial charge in [-0.05, 0) is 44.7 Å². The van der Waals surface area contributed by atoms with Crippen molar-refractivity contribution in [2.75, 3.05) is 70.5 Å². The lowest BCUT2D eigenvalue weighted by atomic mass is 9.66. The average molecular weight is 595 g/mol. The van der Waals surface area contributed by atoms with E-state index in [0.29, 0.717) is 71.6 Å². The van der Waals surface area contributed by atoms with Crippen LogP contribution in [-0.4, -0.2) is 120 Å². The highest BCUT2D eigenvalue weighted by Gasteiger charge is 2.78. The first-order valence-electron chi connectivity index (χ1n) is 15.6. The predicted molar refractivity (Wildman–Crippen MR) is 163 cm³/mol. The summed E-state index contributed by atoms with van der Waals surface area (Å²) < 4.78 is 12.3. The number of morpholine rings is 1. The van der Waals surface area contributed by atoms with Crippen molar-refractivity contribution in [1.82, 2.24) is 14.7 Å². The van der Waals surface area contributed by atoms with Gasteiger partial charge in [0.1, 0.15) is 11.6 Å². The molecule has 1 aromatic rings. The fraction of sp³-hybridized carbons (Fsp3) is 0.606. The lowest BCUT2D eigenvalue weighted by molar-refractivity contribution is -0.151. The summed E-state index contributed by atoms with van der Waals surface area (Å²) in [7, 11) is 0. The van der Waals surface area contributed by atoms with Crippen molar-refractivity contribution in [3.05, 3.63) is 55.6 Å². The first kappa shape index (κ1) is 31.4. The van der Waals surface area contributed by atoms with Gasteiger partial charge in [-0.25, -0.2) is 0 Å². The minimum atomic E-state index is -1.10. The highest BCUT2D eigenvalue weighted by Crippen LogP contribution is 2.63. The SMILES string of the molecule is C=CCN(CCN1CCOCC1)C(=O)C1N(CCCCO)C(=O)[C@@H]2[C@H](C(=O)N(CC=C)c3ccccc3)[C@]3(C)CCC12O3. The van der Waals surface area contributed by atoms with E-state index < -0.39 is 29.1 Å². The van der Waals surface area contributed by atoms with Crippen LogP contribution in [0.2, 0.25) is 0 Å². The zero-order valence-electron chi connectivity index (χ0n) is 25.4. The van der Waals surface area contributed by atoms with E-state index in [1.54, 1.807) is 26.9 Å². The Morgan fingerprint density at radius 1 is 1.05 bits per heavy atom. The summed E-state index contributed by atoms with van der Waals surface area (Å²) in [5.74, 6) is -2.09. The zero-order chi connectivity index (χ0) is 30.6. The van der Waals surface area contributed by atoms with E-state index in [2.05, 4.69) is 18.1 Å². The molecule has 0 saturated carbocycles. The molecule has 10 heteroatoms. The van der Waals surface area contributed by atoms with Crippen LogP contribution in [0.25, 0.3) is 0 Å². The highest BCUT2D eigenvalue weighted by atomic mass is 16.5. The molecule has 1 aromatic carbocycles. The van der Waals surface area contributed by atoms with Crippen molar-refractivity contribution >= 4 is 23.4 Å². The molecule has 1 spiro atoms. The van der Waals surface area contributed by atoms with Gasteiger partial charge < -0.3 is 29.3 Å². The molecule has 4 aliphatic rings. The first-order chi connectivity index (χ1) is 20.8. The van der Waals surface area contributed by atoms with Gasteiger partial charge >= 0.3 is 0 Å². The molecule has 10 nitrogen and oxygen atoms in total. The number of para-hydroxylation sites is 1. The summed E-state index contributed by atoms with van der Waals surface area (Å²) in [6.07, 6.45) is 5.56. The van der Waals surface area contributed by atoms with Crippen molar-refractivity contribution in [3.8, 4) is 0 Å². The summed E-state index contributed by atoms with van der Waals surface area (Å²) in [6, 6.07) is 8.55. The van der Waals surface area contributed by atoms with E-state index in [1.807, 2.05) is 37.3 Å². The second-order valence-electron chi connectivity index (χ2n) is 12.3. The van der Waals surface area contributed by atoms with Gasteiger partial charge in [-0.3, -0.25) is 19.3 Å². The number of aliphatic hydroxyl groups excluding tert-OH is 1. The molecule has 0 aliphatic carbocycles. The van der Waals surface area contributed by atoms with E-state index in [-0.39, 0.29) is 24.3 Å². The number of likely N-dealkylation sites (tertiary alicyclic amines) is 1. The molecule has 0 radical (unpaired) electrons. The van der Waals surface area contributed by atoms with Crippen LogP contribution in [0.4, 0.5) is 5.69 Å². The Morgan fingerprint density at radius 3 is 2.44 bits per heavy atom. The maximum atomic E-state index is 14.6. The number of rotatable bonds is 14. The van der Waals surface area contributed by atoms with Crippen LogP contribution in [0.15, 0.2) is 55.6 Å². The van der Waals surface area contributed by atoms with Crippen LogP contribution in [0, 0.1) is 11.8 Å². The minimum Gasteiger partial charge on any atom is -0.396 e. The van der Waals surface area contributed by atoms with Crippen LogP contribution in [0.5, 0.6) is 0 Å². The van der Waals surface area contributed by atoms with E-state index in [9.17, 15) is 19.5 Å². The normalized spacial score (nSPS) is 29.9. The third kappa shape index (κ3) is 5.78. The summed E-state index contributed by atoms with van der Waals surface area (Å²) in [4.78, 5) is 50.8. The molecule has 2 bridgehead atoms. The van der Waals surface area contributed by atoms with Crippen molar-refractivity contribution < 1.29 is 29.0 Å². The van der Waals surface area contributed by atoms with E-state index in [1.165, 1.54) is 0 Å². The number of benzene rings is 1. The minimum absolute atomic E-state index is 0.000619. The molecule has 4 fully saturated rings. The van der Waals surface area contributed by atoms with Gasteiger partial charge in [0, 0.05) is 58.1 Å². The third-order valence-electron chi connectivity index (χ3n) is 9.68. The van der Waals surface area contributed by atoms with Gasteiger partial charge in [-0.1, -0.05) is 30.4 Å². The van der Waals surface area contributed by atoms with Crippen molar-refractivity contribution in [1.29, 1.82) is 0 Å². The predicted octanol–water partition coefficient (Wildman–Crippen LogP) is 2.09. The summed E-state index contributed by atoms with van der Waals surface area (Å²) in [5, 5.41) is 9.48. The maximum absolute atomic E-state index is 14.6. The molecule has 4 heterocycles. The molecular weight excluding hydrogens is 548 g/mol. The molecule has 2 unspecified atom stereocenters. The number of unbranched alkanes of at least 4 members (excludes halogenated alkanes) is 1. The van der Waals surface area contributed by atoms with Gasteiger partial charge in [-0.2, -0.15) is 0 Å². The summed E-state index contributed by atoms with van der Waals surface area (Å²) in [6.45, 7) is 14.8. The molecule has 5 atom stereocenters. The van der Waals surface area contributed by atoms with E-state index in [4.69, 9.17) is 9.47 Å². The number of aliphatic hydroxyl groups is 1. The number of anilines is 1. The molecule has 0 aromatic heterocycles. The molecule has 43 heavy (non-hydrogen) atoms. The summed E-state index contributed by atoms with van der Waals surface area (Å²) >= 11 is 0. The Hall–Kier alpha value is -3.05. The Kier molecular flexibility index (Phi) is 9.70. The second-order valence-corrected chi connectivity index (χ2v) is 12.3. The number of carbonyl (C=O) groups is 3. The number of carbonyl (C=O) groups excluding carboxylic acids is 3. The number of nitrogens with zero attached hydrogens (tertiary/aromatic N) is 4. The lowest BCUT2D eigenvalue weighted by Gasteiger charge is -2.37. The van der Waals surface area contributed by atoms with Gasteiger partial charge in [0.05, 0.1) is 30.7 Å². The molecule has 4 saturated heterocycles. The maximum Gasteiger partial charge on any atom is 0.248 e. The van der Waals surface area contributed by atoms with Gasteiger partial charge in [0.25, 0.3) is 0 Å². The quantitative estimate of drug-likeness (QED) is 0.260. The molecule has 1 N–H and O–H groups in total. The van der Waals surface area contributed by atoms with Crippen LogP contribution < -0.4 is 4.90 Å². The fourth-order valence-corrected chi connectivity index (χ4v) is 7.65. The van der Waals surface area contributed by atoms with E-state index in [0.717, 1.165) is 18.8 Å². The van der Waals surface area contributed by atoms with Gasteiger partial charge in [-0.15, -0.1) is 13.2 Å². The van der Waals surface area contributed by atoms with Crippen LogP contribution in [-0.2, 0) is 23.9 Å². The topological polar surface area (TPSA) is 103 Å². The Morgan fingerprint density at radius 2 is 1.77 bits per heavy atom. The monoisotopic (exact) mass is 594 g/mol. The van der Waals surface area contributed by atoms with Gasteiger partial charge in [0.2, 0.25) is 17.7 Å². The van der Waals surface area contributed by atoms with Crippen LogP contribution in [0.1, 0.15) is 32.6 Å². The lowest BCUT2D eigenvalue weighted by Crippen LogP contribution is -2.57. The standard InChI is InChI=1S/C33H46N4O6/c1-4-15-35(19-18-34-20-23-42-24-21-34)31(41)28-33-14-13-32(3,43-33)26(27(33)30(40)37(28)17-9-10-22-38)29(39)36(16-5-2)25-11-7-6-8-12-25/h4-8,11-12,26-28,38H,1-2,9-10,13-24H2,3H3/t26-,27+,28?,32+,33?/m1/s1. The average Bonchev–Trinajstić information content (AvgIpc) is 3.59.